The van der Waals surface area contributed by atoms with Crippen LogP contribution in [0, 0.1) is 17.1 Å². The first-order chi connectivity index (χ1) is 8.63. The quantitative estimate of drug-likeness (QED) is 0.744. The summed E-state index contributed by atoms with van der Waals surface area (Å²) in [5.41, 5.74) is 0. The van der Waals surface area contributed by atoms with Gasteiger partial charge >= 0.3 is 0 Å². The smallest absolute Gasteiger partial charge is 0.223 e. The Morgan fingerprint density at radius 3 is 3.00 bits per heavy atom. The third-order valence-electron chi connectivity index (χ3n) is 2.37. The van der Waals surface area contributed by atoms with Crippen molar-refractivity contribution in [3.05, 3.63) is 30.1 Å². The molecule has 0 atom stereocenters. The number of benzene rings is 1. The average molecular weight is 266 g/mol. The van der Waals surface area contributed by atoms with Crippen molar-refractivity contribution in [3.63, 3.8) is 0 Å². The monoisotopic (exact) mass is 266 g/mol. The first kappa shape index (κ1) is 14.5. The first-order valence-electron chi connectivity index (χ1n) is 5.63. The molecule has 0 bridgehead atoms. The van der Waals surface area contributed by atoms with Gasteiger partial charge in [-0.15, -0.1) is 11.8 Å². The van der Waals surface area contributed by atoms with Crippen LogP contribution in [0.4, 0.5) is 4.39 Å². The number of hydrogen-bond donors (Lipinski definition) is 0. The highest BCUT2D eigenvalue weighted by molar-refractivity contribution is 7.99. The van der Waals surface area contributed by atoms with Gasteiger partial charge in [-0.25, -0.2) is 4.39 Å². The highest BCUT2D eigenvalue weighted by Gasteiger charge is 2.08. The Morgan fingerprint density at radius 2 is 2.33 bits per heavy atom. The highest BCUT2D eigenvalue weighted by atomic mass is 32.2. The van der Waals surface area contributed by atoms with E-state index in [1.165, 1.54) is 23.9 Å². The van der Waals surface area contributed by atoms with E-state index in [-0.39, 0.29) is 11.7 Å². The van der Waals surface area contributed by atoms with Gasteiger partial charge in [-0.2, -0.15) is 5.26 Å². The van der Waals surface area contributed by atoms with Crippen molar-refractivity contribution in [2.24, 2.45) is 0 Å². The van der Waals surface area contributed by atoms with Crippen molar-refractivity contribution < 1.29 is 9.18 Å². The number of halogens is 1. The van der Waals surface area contributed by atoms with E-state index >= 15 is 0 Å². The molecule has 5 heteroatoms. The van der Waals surface area contributed by atoms with Crippen LogP contribution in [0.1, 0.15) is 12.8 Å². The predicted molar refractivity (Wildman–Crippen MR) is 69.6 cm³/mol. The highest BCUT2D eigenvalue weighted by Crippen LogP contribution is 2.19. The minimum atomic E-state index is -0.266. The lowest BCUT2D eigenvalue weighted by Crippen LogP contribution is -2.27. The van der Waals surface area contributed by atoms with E-state index in [1.807, 2.05) is 12.1 Å². The fourth-order valence-electron chi connectivity index (χ4n) is 1.35. The summed E-state index contributed by atoms with van der Waals surface area (Å²) in [5.74, 6) is 0.353. The van der Waals surface area contributed by atoms with Crippen LogP contribution in [-0.2, 0) is 4.79 Å². The lowest BCUT2D eigenvalue weighted by molar-refractivity contribution is -0.129. The maximum Gasteiger partial charge on any atom is 0.223 e. The second-order valence-corrected chi connectivity index (χ2v) is 4.95. The Morgan fingerprint density at radius 1 is 1.56 bits per heavy atom. The van der Waals surface area contributed by atoms with E-state index in [4.69, 9.17) is 5.26 Å². The van der Waals surface area contributed by atoms with E-state index in [0.29, 0.717) is 25.1 Å². The van der Waals surface area contributed by atoms with Gasteiger partial charge in [0.05, 0.1) is 12.5 Å². The molecule has 0 aliphatic carbocycles. The fourth-order valence-corrected chi connectivity index (χ4v) is 2.23. The van der Waals surface area contributed by atoms with Crippen LogP contribution in [0.3, 0.4) is 0 Å². The zero-order chi connectivity index (χ0) is 13.4. The SMILES string of the molecule is CN(CCC#N)C(=O)CCSc1cccc(F)c1. The maximum atomic E-state index is 12.9. The normalized spacial score (nSPS) is 9.83. The molecular weight excluding hydrogens is 251 g/mol. The summed E-state index contributed by atoms with van der Waals surface area (Å²) in [5, 5.41) is 8.42. The van der Waals surface area contributed by atoms with Gasteiger partial charge in [0.25, 0.3) is 0 Å². The molecule has 1 rings (SSSR count). The Labute approximate surface area is 111 Å². The van der Waals surface area contributed by atoms with Gasteiger partial charge in [0.1, 0.15) is 5.82 Å². The Hall–Kier alpha value is -1.54. The van der Waals surface area contributed by atoms with Gasteiger partial charge in [0, 0.05) is 30.7 Å². The van der Waals surface area contributed by atoms with E-state index in [0.717, 1.165) is 4.90 Å². The molecule has 18 heavy (non-hydrogen) atoms. The third kappa shape index (κ3) is 5.19. The first-order valence-corrected chi connectivity index (χ1v) is 6.61. The summed E-state index contributed by atoms with van der Waals surface area (Å²) in [4.78, 5) is 14.0. The molecule has 0 radical (unpaired) electrons. The topological polar surface area (TPSA) is 44.1 Å². The van der Waals surface area contributed by atoms with E-state index < -0.39 is 0 Å². The molecule has 0 aliphatic heterocycles. The van der Waals surface area contributed by atoms with Gasteiger partial charge in [-0.1, -0.05) is 6.07 Å². The second-order valence-electron chi connectivity index (χ2n) is 3.78. The molecule has 0 unspecified atom stereocenters. The predicted octanol–water partition coefficient (Wildman–Crippen LogP) is 2.68. The number of rotatable bonds is 6. The molecule has 0 heterocycles. The van der Waals surface area contributed by atoms with Crippen molar-refractivity contribution in [1.29, 1.82) is 5.26 Å². The molecule has 0 saturated carbocycles. The number of carbonyl (C=O) groups excluding carboxylic acids is 1. The molecule has 0 saturated heterocycles. The number of carbonyl (C=O) groups is 1. The Bertz CT molecular complexity index is 445. The standard InChI is InChI=1S/C13H15FN2OS/c1-16(8-3-7-15)13(17)6-9-18-12-5-2-4-11(14)10-12/h2,4-5,10H,3,6,8-9H2,1H3. The molecule has 0 aliphatic rings. The van der Waals surface area contributed by atoms with Crippen LogP contribution < -0.4 is 0 Å². The molecule has 3 nitrogen and oxygen atoms in total. The summed E-state index contributed by atoms with van der Waals surface area (Å²) in [7, 11) is 1.69. The molecule has 96 valence electrons. The minimum absolute atomic E-state index is 0.00848. The largest absolute Gasteiger partial charge is 0.345 e. The van der Waals surface area contributed by atoms with Crippen molar-refractivity contribution in [2.75, 3.05) is 19.3 Å². The van der Waals surface area contributed by atoms with Gasteiger partial charge in [-0.3, -0.25) is 4.79 Å². The number of amides is 1. The molecule has 0 aromatic heterocycles. The van der Waals surface area contributed by atoms with Gasteiger partial charge in [0.15, 0.2) is 0 Å². The number of hydrogen-bond acceptors (Lipinski definition) is 3. The molecule has 0 N–H and O–H groups in total. The lowest BCUT2D eigenvalue weighted by atomic mass is 10.3. The maximum absolute atomic E-state index is 12.9. The van der Waals surface area contributed by atoms with E-state index in [1.54, 1.807) is 18.0 Å². The van der Waals surface area contributed by atoms with Crippen molar-refractivity contribution in [1.82, 2.24) is 4.90 Å². The summed E-state index contributed by atoms with van der Waals surface area (Å²) < 4.78 is 12.9. The minimum Gasteiger partial charge on any atom is -0.345 e. The summed E-state index contributed by atoms with van der Waals surface area (Å²) in [6.07, 6.45) is 0.738. The third-order valence-corrected chi connectivity index (χ3v) is 3.36. The van der Waals surface area contributed by atoms with Crippen LogP contribution in [0.25, 0.3) is 0 Å². The molecule has 1 aromatic rings. The molecule has 1 amide bonds. The Kier molecular flexibility index (Phi) is 6.23. The molecular formula is C13H15FN2OS. The van der Waals surface area contributed by atoms with Crippen molar-refractivity contribution in [3.8, 4) is 6.07 Å². The number of nitrogens with zero attached hydrogens (tertiary/aromatic N) is 2. The van der Waals surface area contributed by atoms with E-state index in [9.17, 15) is 9.18 Å². The zero-order valence-electron chi connectivity index (χ0n) is 10.2. The summed E-state index contributed by atoms with van der Waals surface area (Å²) in [6, 6.07) is 8.32. The molecule has 0 spiro atoms. The van der Waals surface area contributed by atoms with Gasteiger partial charge in [0.2, 0.25) is 5.91 Å². The van der Waals surface area contributed by atoms with Crippen LogP contribution >= 0.6 is 11.8 Å². The molecule has 1 aromatic carbocycles. The van der Waals surface area contributed by atoms with Crippen LogP contribution in [0.2, 0.25) is 0 Å². The van der Waals surface area contributed by atoms with E-state index in [2.05, 4.69) is 0 Å². The summed E-state index contributed by atoms with van der Waals surface area (Å²) >= 11 is 1.45. The number of thioether (sulfide) groups is 1. The van der Waals surface area contributed by atoms with Crippen LogP contribution in [0.5, 0.6) is 0 Å². The zero-order valence-corrected chi connectivity index (χ0v) is 11.0. The summed E-state index contributed by atoms with van der Waals surface area (Å²) in [6.45, 7) is 0.458. The second kappa shape index (κ2) is 7.72. The average Bonchev–Trinajstić information content (AvgIpc) is 2.35. The number of nitriles is 1. The van der Waals surface area contributed by atoms with Crippen molar-refractivity contribution >= 4 is 17.7 Å². The Balaban J connectivity index is 2.29. The molecule has 0 fully saturated rings. The van der Waals surface area contributed by atoms with Gasteiger partial charge in [-0.05, 0) is 18.2 Å². The fraction of sp³-hybridized carbons (Fsp3) is 0.385. The van der Waals surface area contributed by atoms with Crippen LogP contribution in [0.15, 0.2) is 29.2 Å². The van der Waals surface area contributed by atoms with Crippen LogP contribution in [-0.4, -0.2) is 30.2 Å². The lowest BCUT2D eigenvalue weighted by Gasteiger charge is -2.14. The van der Waals surface area contributed by atoms with Crippen molar-refractivity contribution in [2.45, 2.75) is 17.7 Å². The van der Waals surface area contributed by atoms with Gasteiger partial charge < -0.3 is 4.90 Å².